The van der Waals surface area contributed by atoms with E-state index in [1.54, 1.807) is 0 Å². The average molecular weight is 444 g/mol. The predicted octanol–water partition coefficient (Wildman–Crippen LogP) is 3.42. The first-order chi connectivity index (χ1) is 14.7. The number of hydrogen-bond acceptors (Lipinski definition) is 4. The van der Waals surface area contributed by atoms with Crippen LogP contribution in [0.3, 0.4) is 0 Å². The number of carboxylic acid groups (broad SMARTS) is 2. The summed E-state index contributed by atoms with van der Waals surface area (Å²) < 4.78 is 0. The van der Waals surface area contributed by atoms with Crippen LogP contribution >= 0.6 is 0 Å². The van der Waals surface area contributed by atoms with Gasteiger partial charge in [0.05, 0.1) is 0 Å². The lowest BCUT2D eigenvalue weighted by molar-refractivity contribution is -0.139. The number of aliphatic carboxylic acids is 2. The van der Waals surface area contributed by atoms with Gasteiger partial charge in [-0.15, -0.1) is 0 Å². The Kier molecular flexibility index (Phi) is 17.1. The molecule has 0 bridgehead atoms. The van der Waals surface area contributed by atoms with Gasteiger partial charge in [-0.1, -0.05) is 51.4 Å². The van der Waals surface area contributed by atoms with E-state index in [1.807, 2.05) is 13.8 Å². The van der Waals surface area contributed by atoms with Crippen molar-refractivity contribution in [2.75, 3.05) is 6.54 Å². The standard InChI is InChI=1S/C22H41N3O6/c1-17(2)24-19(26)14-11-9-7-5-3-4-6-8-10-13-18(21(29)30)25-22(31)23-16-12-15-20(27)28/h17-18H,3-16H2,1-2H3,(H,24,26)(H,27,28)(H,29,30)(H2,23,25,31)/t18-/m0/s1. The highest BCUT2D eigenvalue weighted by Gasteiger charge is 2.19. The zero-order valence-electron chi connectivity index (χ0n) is 19.1. The molecule has 0 spiro atoms. The van der Waals surface area contributed by atoms with Crippen LogP contribution in [0.25, 0.3) is 0 Å². The molecule has 31 heavy (non-hydrogen) atoms. The minimum atomic E-state index is -1.07. The lowest BCUT2D eigenvalue weighted by atomic mass is 10.0. The Morgan fingerprint density at radius 2 is 1.26 bits per heavy atom. The molecule has 5 N–H and O–H groups in total. The van der Waals surface area contributed by atoms with Gasteiger partial charge >= 0.3 is 18.0 Å². The van der Waals surface area contributed by atoms with E-state index in [4.69, 9.17) is 5.11 Å². The largest absolute Gasteiger partial charge is 0.481 e. The summed E-state index contributed by atoms with van der Waals surface area (Å²) >= 11 is 0. The topological polar surface area (TPSA) is 145 Å². The number of unbranched alkanes of at least 4 members (excludes halogenated alkanes) is 8. The number of urea groups is 1. The highest BCUT2D eigenvalue weighted by Crippen LogP contribution is 2.12. The van der Waals surface area contributed by atoms with Gasteiger partial charge in [-0.05, 0) is 33.1 Å². The van der Waals surface area contributed by atoms with Gasteiger partial charge in [0, 0.05) is 25.4 Å². The van der Waals surface area contributed by atoms with E-state index in [9.17, 15) is 24.3 Å². The van der Waals surface area contributed by atoms with Crippen LogP contribution in [-0.4, -0.2) is 52.7 Å². The maximum atomic E-state index is 11.7. The monoisotopic (exact) mass is 443 g/mol. The third-order valence-electron chi connectivity index (χ3n) is 4.80. The molecule has 0 aliphatic carbocycles. The molecule has 0 aromatic carbocycles. The quantitative estimate of drug-likeness (QED) is 0.193. The van der Waals surface area contributed by atoms with Gasteiger partial charge in [-0.3, -0.25) is 9.59 Å². The van der Waals surface area contributed by atoms with Gasteiger partial charge in [-0.25, -0.2) is 9.59 Å². The van der Waals surface area contributed by atoms with Crippen LogP contribution in [0.2, 0.25) is 0 Å². The van der Waals surface area contributed by atoms with Gasteiger partial charge in [0.15, 0.2) is 0 Å². The molecule has 0 aromatic rings. The molecule has 0 heterocycles. The first kappa shape index (κ1) is 28.7. The second-order valence-electron chi connectivity index (χ2n) is 8.23. The summed E-state index contributed by atoms with van der Waals surface area (Å²) in [5, 5.41) is 25.6. The van der Waals surface area contributed by atoms with Crippen molar-refractivity contribution in [1.29, 1.82) is 0 Å². The maximum Gasteiger partial charge on any atom is 0.326 e. The van der Waals surface area contributed by atoms with Gasteiger partial charge in [0.2, 0.25) is 5.91 Å². The second-order valence-corrected chi connectivity index (χ2v) is 8.23. The number of amides is 3. The molecule has 0 unspecified atom stereocenters. The van der Waals surface area contributed by atoms with Crippen LogP contribution in [0.4, 0.5) is 4.79 Å². The highest BCUT2D eigenvalue weighted by molar-refractivity contribution is 5.82. The van der Waals surface area contributed by atoms with Gasteiger partial charge in [0.1, 0.15) is 6.04 Å². The van der Waals surface area contributed by atoms with E-state index in [0.29, 0.717) is 19.3 Å². The van der Waals surface area contributed by atoms with Crippen LogP contribution in [0.15, 0.2) is 0 Å². The molecule has 0 aliphatic heterocycles. The smallest absolute Gasteiger partial charge is 0.326 e. The van der Waals surface area contributed by atoms with Gasteiger partial charge < -0.3 is 26.2 Å². The van der Waals surface area contributed by atoms with E-state index < -0.39 is 24.0 Å². The van der Waals surface area contributed by atoms with Crippen LogP contribution in [0.1, 0.15) is 97.3 Å². The van der Waals surface area contributed by atoms with Crippen molar-refractivity contribution in [3.63, 3.8) is 0 Å². The fourth-order valence-corrected chi connectivity index (χ4v) is 3.17. The second kappa shape index (κ2) is 18.4. The van der Waals surface area contributed by atoms with Crippen molar-refractivity contribution in [1.82, 2.24) is 16.0 Å². The summed E-state index contributed by atoms with van der Waals surface area (Å²) in [6.07, 6.45) is 10.4. The van der Waals surface area contributed by atoms with Crippen molar-refractivity contribution in [2.45, 2.75) is 109 Å². The Balaban J connectivity index is 3.66. The highest BCUT2D eigenvalue weighted by atomic mass is 16.4. The van der Waals surface area contributed by atoms with Crippen molar-refractivity contribution in [3.05, 3.63) is 0 Å². The summed E-state index contributed by atoms with van der Waals surface area (Å²) in [7, 11) is 0. The van der Waals surface area contributed by atoms with Crippen LogP contribution < -0.4 is 16.0 Å². The van der Waals surface area contributed by atoms with Gasteiger partial charge in [-0.2, -0.15) is 0 Å². The molecule has 180 valence electrons. The third-order valence-corrected chi connectivity index (χ3v) is 4.80. The normalized spacial score (nSPS) is 11.7. The summed E-state index contributed by atoms with van der Waals surface area (Å²) in [6, 6.07) is -1.33. The molecular formula is C22H41N3O6. The molecule has 0 aromatic heterocycles. The van der Waals surface area contributed by atoms with Crippen molar-refractivity contribution < 1.29 is 29.4 Å². The first-order valence-corrected chi connectivity index (χ1v) is 11.5. The fraction of sp³-hybridized carbons (Fsp3) is 0.818. The zero-order chi connectivity index (χ0) is 23.5. The molecule has 0 rings (SSSR count). The van der Waals surface area contributed by atoms with E-state index in [0.717, 1.165) is 57.8 Å². The number of rotatable bonds is 19. The summed E-state index contributed by atoms with van der Waals surface area (Å²) in [5.41, 5.74) is 0. The minimum Gasteiger partial charge on any atom is -0.481 e. The zero-order valence-corrected chi connectivity index (χ0v) is 19.1. The average Bonchev–Trinajstić information content (AvgIpc) is 2.67. The molecule has 1 atom stereocenters. The summed E-state index contributed by atoms with van der Waals surface area (Å²) in [4.78, 5) is 44.9. The molecule has 0 saturated heterocycles. The number of nitrogens with one attached hydrogen (secondary N) is 3. The van der Waals surface area contributed by atoms with Crippen LogP contribution in [0, 0.1) is 0 Å². The molecule has 9 heteroatoms. The molecule has 0 fully saturated rings. The number of hydrogen-bond donors (Lipinski definition) is 5. The molecule has 0 radical (unpaired) electrons. The summed E-state index contributed by atoms with van der Waals surface area (Å²) in [6.45, 7) is 4.11. The van der Waals surface area contributed by atoms with Crippen LogP contribution in [0.5, 0.6) is 0 Å². The van der Waals surface area contributed by atoms with Crippen molar-refractivity contribution in [3.8, 4) is 0 Å². The number of carbonyl (C=O) groups is 4. The molecule has 3 amide bonds. The van der Waals surface area contributed by atoms with Crippen molar-refractivity contribution >= 4 is 23.9 Å². The third kappa shape index (κ3) is 19.4. The summed E-state index contributed by atoms with van der Waals surface area (Å²) in [5.74, 6) is -1.88. The molecular weight excluding hydrogens is 402 g/mol. The Labute approximate surface area is 185 Å². The Morgan fingerprint density at radius 3 is 1.77 bits per heavy atom. The molecule has 0 aliphatic rings. The Bertz CT molecular complexity index is 539. The van der Waals surface area contributed by atoms with Gasteiger partial charge in [0.25, 0.3) is 0 Å². The fourth-order valence-electron chi connectivity index (χ4n) is 3.17. The van der Waals surface area contributed by atoms with E-state index in [-0.39, 0.29) is 24.9 Å². The first-order valence-electron chi connectivity index (χ1n) is 11.5. The number of carboxylic acids is 2. The van der Waals surface area contributed by atoms with E-state index in [2.05, 4.69) is 16.0 Å². The lowest BCUT2D eigenvalue weighted by Crippen LogP contribution is -2.46. The predicted molar refractivity (Wildman–Crippen MR) is 119 cm³/mol. The molecule has 9 nitrogen and oxygen atoms in total. The Hall–Kier alpha value is -2.32. The molecule has 0 saturated carbocycles. The lowest BCUT2D eigenvalue weighted by Gasteiger charge is -2.15. The van der Waals surface area contributed by atoms with E-state index >= 15 is 0 Å². The van der Waals surface area contributed by atoms with Crippen LogP contribution in [-0.2, 0) is 14.4 Å². The number of carbonyl (C=O) groups excluding carboxylic acids is 2. The maximum absolute atomic E-state index is 11.7. The van der Waals surface area contributed by atoms with Crippen molar-refractivity contribution in [2.24, 2.45) is 0 Å². The Morgan fingerprint density at radius 1 is 0.710 bits per heavy atom. The minimum absolute atomic E-state index is 0.0436. The SMILES string of the molecule is CC(C)NC(=O)CCCCCCCCCCC[C@H](NC(=O)NCCCC(=O)O)C(=O)O. The van der Waals surface area contributed by atoms with E-state index in [1.165, 1.54) is 0 Å².